The third kappa shape index (κ3) is 14.5. The molecular formula is C49H78N6O8. The number of methoxy groups -OCH3 is 3. The van der Waals surface area contributed by atoms with Crippen molar-refractivity contribution in [2.75, 3.05) is 60.9 Å². The lowest BCUT2D eigenvalue weighted by Crippen LogP contribution is -2.60. The first-order chi connectivity index (χ1) is 29.9. The lowest BCUT2D eigenvalue weighted by atomic mass is 9.89. The molecule has 1 fully saturated rings. The van der Waals surface area contributed by atoms with Gasteiger partial charge in [-0.3, -0.25) is 24.1 Å². The minimum atomic E-state index is -0.898. The normalized spacial score (nSPS) is 17.9. The number of carbonyl (C=O) groups excluding carboxylic acids is 5. The van der Waals surface area contributed by atoms with Gasteiger partial charge < -0.3 is 40.0 Å². The summed E-state index contributed by atoms with van der Waals surface area (Å²) in [5.41, 5.74) is 3.08. The molecule has 0 aromatic heterocycles. The van der Waals surface area contributed by atoms with Crippen molar-refractivity contribution in [3.8, 4) is 0 Å². The van der Waals surface area contributed by atoms with Crippen LogP contribution in [0.2, 0.25) is 0 Å². The molecule has 1 aliphatic heterocycles. The van der Waals surface area contributed by atoms with Gasteiger partial charge in [-0.05, 0) is 67.3 Å². The van der Waals surface area contributed by atoms with E-state index in [2.05, 4.69) is 33.0 Å². The number of likely N-dealkylation sites (N-methyl/N-ethyl adjacent to an activating group) is 2. The van der Waals surface area contributed by atoms with Gasteiger partial charge in [-0.1, -0.05) is 97.4 Å². The number of anilines is 1. The summed E-state index contributed by atoms with van der Waals surface area (Å²) in [5, 5.41) is 9.15. The average Bonchev–Trinajstić information content (AvgIpc) is 3.76. The molecular weight excluding hydrogens is 801 g/mol. The number of carbonyl (C=O) groups is 5. The largest absolute Gasteiger partial charge is 0.467 e. The third-order valence-corrected chi connectivity index (χ3v) is 12.9. The Labute approximate surface area is 377 Å². The Kier molecular flexibility index (Phi) is 21.5. The van der Waals surface area contributed by atoms with Gasteiger partial charge >= 0.3 is 5.97 Å². The fourth-order valence-electron chi connectivity index (χ4n) is 9.06. The summed E-state index contributed by atoms with van der Waals surface area (Å²) in [6.07, 6.45) is 1.77. The fraction of sp³-hybridized carbons (Fsp3) is 0.653. The Morgan fingerprint density at radius 2 is 1.48 bits per heavy atom. The zero-order valence-electron chi connectivity index (χ0n) is 40.3. The predicted octanol–water partition coefficient (Wildman–Crippen LogP) is 5.19. The minimum absolute atomic E-state index is 0.00522. The SMILES string of the molecule is CC[C@H](C)[C@@H]([C@@H](CC(=O)N1CCC[C@H]1[C@H](OC)[C@@H](C)C(=O)N[C@@H](Cc1ccccc1)C(=O)OC)OC)N(C)C(=O)[C@@H](NC(=O)C(C(C)C)N(C)CCc1ccc(NC)cc1)C(C)C. The van der Waals surface area contributed by atoms with Crippen LogP contribution < -0.4 is 16.0 Å². The topological polar surface area (TPSA) is 159 Å². The smallest absolute Gasteiger partial charge is 0.328 e. The molecule has 63 heavy (non-hydrogen) atoms. The molecule has 14 nitrogen and oxygen atoms in total. The number of rotatable bonds is 25. The minimum Gasteiger partial charge on any atom is -0.467 e. The summed E-state index contributed by atoms with van der Waals surface area (Å²) in [6.45, 7) is 14.9. The van der Waals surface area contributed by atoms with E-state index in [9.17, 15) is 24.0 Å². The first-order valence-corrected chi connectivity index (χ1v) is 22.7. The van der Waals surface area contributed by atoms with Gasteiger partial charge in [0.1, 0.15) is 12.1 Å². The Bertz CT molecular complexity index is 1740. The number of benzene rings is 2. The molecule has 0 spiro atoms. The van der Waals surface area contributed by atoms with Crippen molar-refractivity contribution < 1.29 is 38.2 Å². The maximum atomic E-state index is 14.6. The Morgan fingerprint density at radius 1 is 0.825 bits per heavy atom. The van der Waals surface area contributed by atoms with Crippen LogP contribution in [0.1, 0.15) is 85.3 Å². The van der Waals surface area contributed by atoms with Gasteiger partial charge in [0.25, 0.3) is 0 Å². The molecule has 2 aromatic carbocycles. The van der Waals surface area contributed by atoms with E-state index in [0.29, 0.717) is 25.9 Å². The van der Waals surface area contributed by atoms with Gasteiger partial charge in [0, 0.05) is 53.5 Å². The van der Waals surface area contributed by atoms with Crippen molar-refractivity contribution in [1.29, 1.82) is 0 Å². The molecule has 1 saturated heterocycles. The summed E-state index contributed by atoms with van der Waals surface area (Å²) in [6, 6.07) is 14.6. The summed E-state index contributed by atoms with van der Waals surface area (Å²) in [7, 11) is 9.96. The molecule has 1 aliphatic rings. The van der Waals surface area contributed by atoms with Crippen LogP contribution in [0.5, 0.6) is 0 Å². The summed E-state index contributed by atoms with van der Waals surface area (Å²) in [5.74, 6) is -2.55. The highest BCUT2D eigenvalue weighted by atomic mass is 16.5. The van der Waals surface area contributed by atoms with Gasteiger partial charge in [0.15, 0.2) is 0 Å². The van der Waals surface area contributed by atoms with Crippen molar-refractivity contribution in [3.63, 3.8) is 0 Å². The Morgan fingerprint density at radius 3 is 2.02 bits per heavy atom. The van der Waals surface area contributed by atoms with Crippen LogP contribution in [0.3, 0.4) is 0 Å². The number of hydrogen-bond acceptors (Lipinski definition) is 10. The molecule has 0 saturated carbocycles. The molecule has 0 radical (unpaired) electrons. The maximum Gasteiger partial charge on any atom is 0.328 e. The highest BCUT2D eigenvalue weighted by Crippen LogP contribution is 2.30. The van der Waals surface area contributed by atoms with E-state index in [1.807, 2.05) is 98.1 Å². The summed E-state index contributed by atoms with van der Waals surface area (Å²) < 4.78 is 17.1. The van der Waals surface area contributed by atoms with Gasteiger partial charge in [-0.25, -0.2) is 4.79 Å². The van der Waals surface area contributed by atoms with Crippen LogP contribution in [-0.4, -0.2) is 142 Å². The average molecular weight is 879 g/mol. The molecule has 2 aromatic rings. The van der Waals surface area contributed by atoms with Gasteiger partial charge in [0.05, 0.1) is 49.8 Å². The van der Waals surface area contributed by atoms with Crippen molar-refractivity contribution in [1.82, 2.24) is 25.3 Å². The van der Waals surface area contributed by atoms with E-state index in [1.165, 1.54) is 19.8 Å². The summed E-state index contributed by atoms with van der Waals surface area (Å²) >= 11 is 0. The second-order valence-corrected chi connectivity index (χ2v) is 18.0. The molecule has 1 heterocycles. The monoisotopic (exact) mass is 879 g/mol. The van der Waals surface area contributed by atoms with E-state index in [4.69, 9.17) is 14.2 Å². The Hall–Kier alpha value is -4.53. The molecule has 3 rings (SSSR count). The van der Waals surface area contributed by atoms with E-state index in [1.54, 1.807) is 30.9 Å². The van der Waals surface area contributed by atoms with Crippen LogP contribution in [0.25, 0.3) is 0 Å². The zero-order valence-corrected chi connectivity index (χ0v) is 40.3. The lowest BCUT2D eigenvalue weighted by molar-refractivity contribution is -0.149. The first-order valence-electron chi connectivity index (χ1n) is 22.7. The predicted molar refractivity (Wildman–Crippen MR) is 248 cm³/mol. The lowest BCUT2D eigenvalue weighted by Gasteiger charge is -2.41. The number of amides is 4. The van der Waals surface area contributed by atoms with Crippen LogP contribution in [-0.2, 0) is 51.0 Å². The molecule has 0 aliphatic carbocycles. The number of nitrogens with zero attached hydrogens (tertiary/aromatic N) is 3. The molecule has 352 valence electrons. The highest BCUT2D eigenvalue weighted by Gasteiger charge is 2.43. The Balaban J connectivity index is 1.77. The van der Waals surface area contributed by atoms with E-state index in [0.717, 1.165) is 24.1 Å². The van der Waals surface area contributed by atoms with E-state index < -0.39 is 54.3 Å². The molecule has 0 bridgehead atoms. The molecule has 4 amide bonds. The van der Waals surface area contributed by atoms with Crippen molar-refractivity contribution in [3.05, 3.63) is 65.7 Å². The standard InChI is InChI=1S/C49H78N6O8/c1-14-33(6)44(54(10)48(59)42(31(2)3)52-47(58)43(32(4)5)53(9)28-26-35-22-24-37(50-8)25-23-35)40(61-11)30-41(56)55-27-18-21-39(55)45(62-12)34(7)46(57)51-38(49(60)63-13)29-36-19-16-15-17-20-36/h15-17,19-20,22-25,31-34,38-40,42-45,50H,14,18,21,26-30H2,1-13H3,(H,51,57)(H,52,58)/t33-,34+,38-,39-,40+,42-,43?,44-,45+/m0/s1. The van der Waals surface area contributed by atoms with Crippen LogP contribution in [0.4, 0.5) is 5.69 Å². The molecule has 14 heteroatoms. The number of esters is 1. The van der Waals surface area contributed by atoms with Gasteiger partial charge in [0.2, 0.25) is 23.6 Å². The van der Waals surface area contributed by atoms with Crippen molar-refractivity contribution >= 4 is 35.3 Å². The highest BCUT2D eigenvalue weighted by molar-refractivity contribution is 5.90. The van der Waals surface area contributed by atoms with Gasteiger partial charge in [-0.2, -0.15) is 0 Å². The van der Waals surface area contributed by atoms with Crippen LogP contribution in [0, 0.1) is 23.7 Å². The molecule has 9 atom stereocenters. The number of likely N-dealkylation sites (tertiary alicyclic amines) is 1. The quantitative estimate of drug-likeness (QED) is 0.114. The second kappa shape index (κ2) is 25.7. The van der Waals surface area contributed by atoms with Crippen LogP contribution in [0.15, 0.2) is 54.6 Å². The number of hydrogen-bond donors (Lipinski definition) is 3. The molecule has 3 N–H and O–H groups in total. The van der Waals surface area contributed by atoms with Crippen LogP contribution >= 0.6 is 0 Å². The molecule has 1 unspecified atom stereocenters. The first kappa shape index (κ1) is 52.8. The van der Waals surface area contributed by atoms with Gasteiger partial charge in [-0.15, -0.1) is 0 Å². The van der Waals surface area contributed by atoms with E-state index >= 15 is 0 Å². The zero-order chi connectivity index (χ0) is 47.0. The number of ether oxygens (including phenoxy) is 3. The summed E-state index contributed by atoms with van der Waals surface area (Å²) in [4.78, 5) is 75.1. The third-order valence-electron chi connectivity index (χ3n) is 12.9. The fourth-order valence-corrected chi connectivity index (χ4v) is 9.06. The number of nitrogens with one attached hydrogen (secondary N) is 3. The maximum absolute atomic E-state index is 14.6. The van der Waals surface area contributed by atoms with Crippen molar-refractivity contribution in [2.24, 2.45) is 23.7 Å². The van der Waals surface area contributed by atoms with E-state index in [-0.39, 0.29) is 54.2 Å². The second-order valence-electron chi connectivity index (χ2n) is 18.0. The van der Waals surface area contributed by atoms with Crippen molar-refractivity contribution in [2.45, 2.75) is 129 Å².